The second-order valence-electron chi connectivity index (χ2n) is 6.35. The van der Waals surface area contributed by atoms with Crippen molar-refractivity contribution in [2.24, 2.45) is 0 Å². The molecule has 0 bridgehead atoms. The summed E-state index contributed by atoms with van der Waals surface area (Å²) in [6.45, 7) is 0. The molecule has 2 nitrogen and oxygen atoms in total. The lowest BCUT2D eigenvalue weighted by Crippen LogP contribution is -2.50. The van der Waals surface area contributed by atoms with Crippen LogP contribution in [0.3, 0.4) is 0 Å². The lowest BCUT2D eigenvalue weighted by Gasteiger charge is -2.32. The zero-order valence-electron chi connectivity index (χ0n) is 15.4. The molecular weight excluding hydrogens is 582 g/mol. The zero-order valence-corrected chi connectivity index (χ0v) is 17.5. The van der Waals surface area contributed by atoms with Crippen molar-refractivity contribution in [3.63, 3.8) is 0 Å². The first-order valence-electron chi connectivity index (χ1n) is 8.10. The second kappa shape index (κ2) is 8.33. The van der Waals surface area contributed by atoms with E-state index in [-0.39, 0.29) is 11.0 Å². The Hall–Kier alpha value is -2.13. The van der Waals surface area contributed by atoms with Crippen molar-refractivity contribution in [3.8, 4) is 0 Å². The maximum atomic E-state index is 14.3. The minimum absolute atomic E-state index is 0.1000. The maximum absolute atomic E-state index is 14.3. The third-order valence-electron chi connectivity index (χ3n) is 4.29. The normalized spacial score (nSPS) is 13.3. The Bertz CT molecular complexity index is 1010. The van der Waals surface area contributed by atoms with Gasteiger partial charge in [0.15, 0.2) is 0 Å². The smallest absolute Gasteiger partial charge is 0.310 e. The Morgan fingerprint density at radius 2 is 1.38 bits per heavy atom. The summed E-state index contributed by atoms with van der Waals surface area (Å²) in [6, 6.07) is 3.29. The molecule has 2 rings (SSSR count). The Labute approximate surface area is 186 Å². The molecule has 0 spiro atoms. The highest BCUT2D eigenvalue weighted by atomic mass is 127. The van der Waals surface area contributed by atoms with E-state index in [1.54, 1.807) is 0 Å². The van der Waals surface area contributed by atoms with Crippen molar-refractivity contribution in [1.29, 1.82) is 0 Å². The van der Waals surface area contributed by atoms with E-state index in [0.717, 1.165) is 34.7 Å². The van der Waals surface area contributed by atoms with Gasteiger partial charge in [-0.15, -0.1) is 0 Å². The number of hydrogen-bond acceptors (Lipinski definition) is 1. The first kappa shape index (κ1) is 26.1. The van der Waals surface area contributed by atoms with Crippen molar-refractivity contribution in [3.05, 3.63) is 62.5 Å². The highest BCUT2D eigenvalue weighted by molar-refractivity contribution is 14.1. The summed E-state index contributed by atoms with van der Waals surface area (Å²) in [4.78, 5) is 12.7. The number of carbonyl (C=O) groups is 1. The van der Waals surface area contributed by atoms with Gasteiger partial charge in [-0.2, -0.15) is 39.5 Å². The standard InChI is InChI=1S/C18H9F11INO/c1-31(14(32)9-4-2-3-5-11(9)19)13-10(16(21,22)23)6-8(7-12(13)30)15(20,17(24,25)26)18(27,28)29/h2-7H,1H3. The summed E-state index contributed by atoms with van der Waals surface area (Å²) in [7, 11) is 0.706. The molecule has 0 aliphatic heterocycles. The fourth-order valence-electron chi connectivity index (χ4n) is 2.76. The number of carbonyl (C=O) groups excluding carboxylic acids is 1. The number of amides is 1. The molecule has 0 radical (unpaired) electrons. The highest BCUT2D eigenvalue weighted by Crippen LogP contribution is 2.55. The van der Waals surface area contributed by atoms with Crippen LogP contribution < -0.4 is 4.90 Å². The van der Waals surface area contributed by atoms with Crippen molar-refractivity contribution in [2.45, 2.75) is 24.2 Å². The molecule has 0 heterocycles. The fourth-order valence-corrected chi connectivity index (χ4v) is 3.75. The summed E-state index contributed by atoms with van der Waals surface area (Å²) in [5.41, 5.74) is -12.5. The third-order valence-corrected chi connectivity index (χ3v) is 5.11. The van der Waals surface area contributed by atoms with Gasteiger partial charge in [0.2, 0.25) is 0 Å². The molecule has 0 fully saturated rings. The van der Waals surface area contributed by atoms with Crippen molar-refractivity contribution in [2.75, 3.05) is 11.9 Å². The number of anilines is 1. The molecular formula is C18H9F11INO. The summed E-state index contributed by atoms with van der Waals surface area (Å²) >= 11 is 0.936. The van der Waals surface area contributed by atoms with E-state index in [2.05, 4.69) is 0 Å². The second-order valence-corrected chi connectivity index (χ2v) is 7.51. The van der Waals surface area contributed by atoms with E-state index in [1.807, 2.05) is 0 Å². The van der Waals surface area contributed by atoms with E-state index < -0.39 is 67.9 Å². The van der Waals surface area contributed by atoms with Gasteiger partial charge < -0.3 is 4.90 Å². The fraction of sp³-hybridized carbons (Fsp3) is 0.278. The van der Waals surface area contributed by atoms with E-state index >= 15 is 0 Å². The van der Waals surface area contributed by atoms with Gasteiger partial charge in [-0.05, 0) is 46.9 Å². The highest BCUT2D eigenvalue weighted by Gasteiger charge is 2.73. The molecule has 0 unspecified atom stereocenters. The van der Waals surface area contributed by atoms with Crippen LogP contribution in [0, 0.1) is 9.39 Å². The first-order chi connectivity index (χ1) is 14.3. The van der Waals surface area contributed by atoms with E-state index in [1.165, 1.54) is 12.1 Å². The number of benzene rings is 2. The average molecular weight is 591 g/mol. The molecule has 0 aromatic heterocycles. The monoisotopic (exact) mass is 591 g/mol. The van der Waals surface area contributed by atoms with Gasteiger partial charge in [0.1, 0.15) is 5.82 Å². The number of hydrogen-bond donors (Lipinski definition) is 0. The molecule has 0 saturated carbocycles. The lowest BCUT2D eigenvalue weighted by molar-refractivity contribution is -0.348. The van der Waals surface area contributed by atoms with Crippen LogP contribution in [0.15, 0.2) is 36.4 Å². The van der Waals surface area contributed by atoms with Gasteiger partial charge in [0, 0.05) is 16.2 Å². The van der Waals surface area contributed by atoms with E-state index in [4.69, 9.17) is 0 Å². The SMILES string of the molecule is CN(C(=O)c1ccccc1F)c1c(I)cc(C(F)(C(F)(F)F)C(F)(F)F)cc1C(F)(F)F. The minimum atomic E-state index is -6.65. The quantitative estimate of drug-likeness (QED) is 0.278. The molecule has 0 atom stereocenters. The molecule has 0 N–H and O–H groups in total. The van der Waals surface area contributed by atoms with Crippen LogP contribution >= 0.6 is 22.6 Å². The van der Waals surface area contributed by atoms with Gasteiger partial charge >= 0.3 is 24.2 Å². The van der Waals surface area contributed by atoms with Crippen LogP contribution in [-0.4, -0.2) is 25.3 Å². The molecule has 0 aliphatic rings. The molecule has 0 saturated heterocycles. The predicted molar refractivity (Wildman–Crippen MR) is 98.2 cm³/mol. The molecule has 2 aromatic rings. The molecule has 1 amide bonds. The Balaban J connectivity index is 2.81. The van der Waals surface area contributed by atoms with Crippen LogP contribution in [0.4, 0.5) is 54.0 Å². The first-order valence-corrected chi connectivity index (χ1v) is 9.18. The van der Waals surface area contributed by atoms with E-state index in [0.29, 0.717) is 7.05 Å². The number of nitrogens with zero attached hydrogens (tertiary/aromatic N) is 1. The third kappa shape index (κ3) is 4.50. The van der Waals surface area contributed by atoms with Gasteiger partial charge in [0.25, 0.3) is 5.91 Å². The number of alkyl halides is 10. The predicted octanol–water partition coefficient (Wildman–Crippen LogP) is 7.02. The molecule has 14 heteroatoms. The summed E-state index contributed by atoms with van der Waals surface area (Å²) in [5.74, 6) is -2.51. The largest absolute Gasteiger partial charge is 0.435 e. The van der Waals surface area contributed by atoms with Crippen LogP contribution in [0.1, 0.15) is 21.5 Å². The van der Waals surface area contributed by atoms with Crippen molar-refractivity contribution >= 4 is 34.2 Å². The Morgan fingerprint density at radius 3 is 1.81 bits per heavy atom. The van der Waals surface area contributed by atoms with Crippen LogP contribution in [0.2, 0.25) is 0 Å². The summed E-state index contributed by atoms with van der Waals surface area (Å²) in [5, 5.41) is 0. The number of rotatable bonds is 3. The Morgan fingerprint density at radius 1 is 0.875 bits per heavy atom. The zero-order chi connectivity index (χ0) is 24.9. The van der Waals surface area contributed by atoms with Crippen LogP contribution in [-0.2, 0) is 11.8 Å². The Kier molecular flexibility index (Phi) is 6.80. The molecule has 32 heavy (non-hydrogen) atoms. The van der Waals surface area contributed by atoms with Crippen molar-refractivity contribution < 1.29 is 53.1 Å². The van der Waals surface area contributed by atoms with Crippen molar-refractivity contribution in [1.82, 2.24) is 0 Å². The van der Waals surface area contributed by atoms with Gasteiger partial charge in [-0.25, -0.2) is 8.78 Å². The molecule has 176 valence electrons. The maximum Gasteiger partial charge on any atom is 0.435 e. The summed E-state index contributed by atoms with van der Waals surface area (Å²) in [6.07, 6.45) is -18.9. The molecule has 0 aliphatic carbocycles. The van der Waals surface area contributed by atoms with Crippen LogP contribution in [0.5, 0.6) is 0 Å². The topological polar surface area (TPSA) is 20.3 Å². The molecule has 2 aromatic carbocycles. The van der Waals surface area contributed by atoms with Gasteiger partial charge in [-0.1, -0.05) is 12.1 Å². The lowest BCUT2D eigenvalue weighted by atomic mass is 9.91. The van der Waals surface area contributed by atoms with E-state index in [9.17, 15) is 53.1 Å². The van der Waals surface area contributed by atoms with Gasteiger partial charge in [-0.3, -0.25) is 4.79 Å². The van der Waals surface area contributed by atoms with Gasteiger partial charge in [0.05, 0.1) is 16.8 Å². The number of halogens is 12. The summed E-state index contributed by atoms with van der Waals surface area (Å²) < 4.78 is 146. The minimum Gasteiger partial charge on any atom is -0.310 e. The average Bonchev–Trinajstić information content (AvgIpc) is 2.63. The van der Waals surface area contributed by atoms with Crippen LogP contribution in [0.25, 0.3) is 0 Å².